The number of nitrogens with zero attached hydrogens (tertiary/aromatic N) is 6. The lowest BCUT2D eigenvalue weighted by atomic mass is 9.71. The summed E-state index contributed by atoms with van der Waals surface area (Å²) in [6.07, 6.45) is -1.93. The maximum Gasteiger partial charge on any atom is 0.416 e. The first kappa shape index (κ1) is 48.3. The molecule has 0 saturated carbocycles. The largest absolute Gasteiger partial charge is 0.416 e. The van der Waals surface area contributed by atoms with Crippen molar-refractivity contribution in [1.29, 1.82) is 0 Å². The highest BCUT2D eigenvalue weighted by atomic mass is 32.2. The maximum atomic E-state index is 14.4. The van der Waals surface area contributed by atoms with Gasteiger partial charge in [0.2, 0.25) is 0 Å². The zero-order chi connectivity index (χ0) is 50.3. The van der Waals surface area contributed by atoms with Crippen molar-refractivity contribution in [2.24, 2.45) is 7.05 Å². The molecule has 2 aliphatic carbocycles. The number of rotatable bonds is 9. The molecular formula is C49H46F6N8O6S2. The average Bonchev–Trinajstić information content (AvgIpc) is 4.15. The number of imidazole rings is 2. The molecule has 2 unspecified atom stereocenters. The number of piperidine rings is 2. The van der Waals surface area contributed by atoms with Gasteiger partial charge in [-0.15, -0.1) is 0 Å². The van der Waals surface area contributed by atoms with E-state index >= 15 is 0 Å². The average molecular weight is 1020 g/mol. The van der Waals surface area contributed by atoms with Gasteiger partial charge in [-0.05, 0) is 109 Å². The van der Waals surface area contributed by atoms with E-state index in [9.17, 15) is 52.8 Å². The molecule has 2 saturated heterocycles. The topological polar surface area (TPSA) is 169 Å². The van der Waals surface area contributed by atoms with E-state index in [4.69, 9.17) is 0 Å². The SMILES string of the molecule is Cn1cnc(S(=O)(=O)N2CCC3(CC2)c2cccc(-n4cnc(S(=O)(=O)N5CCC6(CC5)c5ccccc5CC6NC(=O)c5cccc(C(F)(F)F)c5)c4)c2CC3NC(=O)c2ccc(C(F)(F)F)cc2)c1. The van der Waals surface area contributed by atoms with Crippen LogP contribution >= 0.6 is 0 Å². The predicted octanol–water partition coefficient (Wildman–Crippen LogP) is 6.80. The van der Waals surface area contributed by atoms with Crippen LogP contribution in [0.3, 0.4) is 0 Å². The Kier molecular flexibility index (Phi) is 11.9. The fraction of sp³-hybridized carbons (Fsp3) is 0.347. The van der Waals surface area contributed by atoms with Crippen molar-refractivity contribution in [3.63, 3.8) is 0 Å². The van der Waals surface area contributed by atoms with Crippen molar-refractivity contribution in [3.8, 4) is 5.69 Å². The minimum Gasteiger partial charge on any atom is -0.348 e. The van der Waals surface area contributed by atoms with Gasteiger partial charge in [0.1, 0.15) is 6.33 Å². The van der Waals surface area contributed by atoms with E-state index in [1.807, 2.05) is 30.3 Å². The fourth-order valence-electron chi connectivity index (χ4n) is 11.2. The Bertz CT molecular complexity index is 3290. The molecular weight excluding hydrogens is 975 g/mol. The van der Waals surface area contributed by atoms with E-state index < -0.39 is 78.3 Å². The molecule has 22 heteroatoms. The van der Waals surface area contributed by atoms with Crippen LogP contribution in [-0.2, 0) is 63.1 Å². The summed E-state index contributed by atoms with van der Waals surface area (Å²) in [5.41, 5.74) is 0.446. The van der Waals surface area contributed by atoms with Gasteiger partial charge in [-0.1, -0.05) is 42.5 Å². The summed E-state index contributed by atoms with van der Waals surface area (Å²) in [6.45, 7) is 0.231. The number of sulfonamides is 2. The number of hydrogen-bond acceptors (Lipinski definition) is 8. The van der Waals surface area contributed by atoms with E-state index in [1.165, 1.54) is 50.4 Å². The first-order valence-corrected chi connectivity index (χ1v) is 25.7. The van der Waals surface area contributed by atoms with Crippen LogP contribution in [0.1, 0.15) is 79.8 Å². The van der Waals surface area contributed by atoms with Crippen LogP contribution in [0, 0.1) is 0 Å². The third kappa shape index (κ3) is 8.50. The van der Waals surface area contributed by atoms with Crippen molar-refractivity contribution in [2.45, 2.75) is 83.8 Å². The number of alkyl halides is 6. The maximum absolute atomic E-state index is 14.4. The summed E-state index contributed by atoms with van der Waals surface area (Å²) in [7, 11) is -6.54. The van der Waals surface area contributed by atoms with Crippen LogP contribution < -0.4 is 10.6 Å². The second kappa shape index (κ2) is 17.4. The van der Waals surface area contributed by atoms with E-state index in [0.717, 1.165) is 58.7 Å². The van der Waals surface area contributed by atoms with Crippen molar-refractivity contribution >= 4 is 31.9 Å². The Morgan fingerprint density at radius 3 is 1.75 bits per heavy atom. The Hall–Kier alpha value is -6.36. The zero-order valence-electron chi connectivity index (χ0n) is 37.9. The first-order chi connectivity index (χ1) is 33.6. The number of carbonyl (C=O) groups is 2. The predicted molar refractivity (Wildman–Crippen MR) is 245 cm³/mol. The molecule has 0 bridgehead atoms. The first-order valence-electron chi connectivity index (χ1n) is 22.8. The molecule has 6 aromatic rings. The van der Waals surface area contributed by atoms with Gasteiger partial charge < -0.3 is 19.8 Å². The third-order valence-electron chi connectivity index (χ3n) is 14.9. The second-order valence-corrected chi connectivity index (χ2v) is 22.5. The smallest absolute Gasteiger partial charge is 0.348 e. The van der Waals surface area contributed by atoms with Crippen molar-refractivity contribution in [1.82, 2.24) is 38.3 Å². The molecule has 4 aliphatic rings. The van der Waals surface area contributed by atoms with Gasteiger partial charge >= 0.3 is 12.4 Å². The third-order valence-corrected chi connectivity index (χ3v) is 18.5. The van der Waals surface area contributed by atoms with Crippen LogP contribution in [0.2, 0.25) is 0 Å². The Morgan fingerprint density at radius 1 is 0.606 bits per heavy atom. The lowest BCUT2D eigenvalue weighted by molar-refractivity contribution is -0.138. The highest BCUT2D eigenvalue weighted by Gasteiger charge is 2.53. The minimum absolute atomic E-state index is 0.000129. The zero-order valence-corrected chi connectivity index (χ0v) is 39.5. The molecule has 2 atom stereocenters. The molecule has 4 aromatic carbocycles. The molecule has 14 nitrogen and oxygen atoms in total. The summed E-state index contributed by atoms with van der Waals surface area (Å²) in [5.74, 6) is -1.29. The fourth-order valence-corrected chi connectivity index (χ4v) is 14.0. The molecule has 10 rings (SSSR count). The van der Waals surface area contributed by atoms with Gasteiger partial charge in [0.25, 0.3) is 31.9 Å². The molecule has 2 spiro atoms. The van der Waals surface area contributed by atoms with E-state index in [0.29, 0.717) is 24.9 Å². The van der Waals surface area contributed by atoms with Gasteiger partial charge in [-0.2, -0.15) is 35.0 Å². The highest BCUT2D eigenvalue weighted by Crippen LogP contribution is 2.50. The number of nitrogens with one attached hydrogen (secondary N) is 2. The van der Waals surface area contributed by atoms with Crippen LogP contribution in [0.5, 0.6) is 0 Å². The molecule has 2 aromatic heterocycles. The number of amides is 2. The van der Waals surface area contributed by atoms with Crippen LogP contribution in [0.25, 0.3) is 5.69 Å². The van der Waals surface area contributed by atoms with Crippen molar-refractivity contribution in [3.05, 3.63) is 161 Å². The molecule has 71 heavy (non-hydrogen) atoms. The number of benzene rings is 4. The number of hydrogen-bond donors (Lipinski definition) is 2. The Morgan fingerprint density at radius 2 is 1.14 bits per heavy atom. The molecule has 4 heterocycles. The molecule has 372 valence electrons. The van der Waals surface area contributed by atoms with Crippen molar-refractivity contribution < 1.29 is 52.8 Å². The highest BCUT2D eigenvalue weighted by molar-refractivity contribution is 7.89. The lowest BCUT2D eigenvalue weighted by Gasteiger charge is -2.43. The van der Waals surface area contributed by atoms with Gasteiger partial charge in [0, 0.05) is 79.7 Å². The molecule has 2 amide bonds. The van der Waals surface area contributed by atoms with Crippen molar-refractivity contribution in [2.75, 3.05) is 26.2 Å². The molecule has 2 N–H and O–H groups in total. The quantitative estimate of drug-likeness (QED) is 0.149. The monoisotopic (exact) mass is 1020 g/mol. The van der Waals surface area contributed by atoms with Gasteiger partial charge in [0.05, 0.1) is 23.1 Å². The Labute approximate surface area is 404 Å². The summed E-state index contributed by atoms with van der Waals surface area (Å²) in [4.78, 5) is 35.8. The van der Waals surface area contributed by atoms with Crippen LogP contribution in [0.15, 0.2) is 126 Å². The van der Waals surface area contributed by atoms with Crippen LogP contribution in [-0.4, -0.2) is 94.6 Å². The summed E-state index contributed by atoms with van der Waals surface area (Å²) in [6, 6.07) is 19.9. The van der Waals surface area contributed by atoms with Gasteiger partial charge in [0.15, 0.2) is 10.1 Å². The molecule has 0 radical (unpaired) electrons. The van der Waals surface area contributed by atoms with Gasteiger partial charge in [-0.25, -0.2) is 26.8 Å². The number of carbonyl (C=O) groups excluding carboxylic acids is 2. The summed E-state index contributed by atoms with van der Waals surface area (Å²) in [5, 5.41) is 5.71. The van der Waals surface area contributed by atoms with E-state index in [2.05, 4.69) is 20.6 Å². The minimum atomic E-state index is -4.64. The molecule has 2 aliphatic heterocycles. The number of halogens is 6. The van der Waals surface area contributed by atoms with Gasteiger partial charge in [-0.3, -0.25) is 9.59 Å². The summed E-state index contributed by atoms with van der Waals surface area (Å²) < 4.78 is 143. The van der Waals surface area contributed by atoms with E-state index in [1.54, 1.807) is 23.7 Å². The Balaban J connectivity index is 0.905. The van der Waals surface area contributed by atoms with E-state index in [-0.39, 0.29) is 66.6 Å². The number of fused-ring (bicyclic) bond motifs is 4. The number of aryl methyl sites for hydroxylation is 1. The molecule has 2 fully saturated rings. The second-order valence-electron chi connectivity index (χ2n) is 18.7. The summed E-state index contributed by atoms with van der Waals surface area (Å²) >= 11 is 0. The standard InChI is InChI=1S/C49H46F6N8O6S2/c1-60-27-42(56-29-60)70(66,67)62-22-18-47(19-23-62)38-10-5-11-39(36(38)26-41(47)59-44(64)31-12-14-34(15-13-31)48(50,51)52)61-28-43(57-30-61)71(68,69)63-20-16-46(17-21-63)37-9-3-2-6-32(37)25-40(46)58-45(65)33-7-4-8-35(24-33)49(53,54)55/h2-15,24,27-30,40-41H,16-23,25-26H2,1H3,(H,58,65)(H,59,64). The normalized spacial score (nSPS) is 20.2. The lowest BCUT2D eigenvalue weighted by Crippen LogP contribution is -2.54. The van der Waals surface area contributed by atoms with Crippen LogP contribution in [0.4, 0.5) is 26.3 Å². The number of aromatic nitrogens is 4.